The van der Waals surface area contributed by atoms with Crippen molar-refractivity contribution in [2.75, 3.05) is 19.7 Å². The van der Waals surface area contributed by atoms with Gasteiger partial charge in [-0.3, -0.25) is 9.69 Å². The molecule has 2 aromatic rings. The highest BCUT2D eigenvalue weighted by atomic mass is 16.5. The number of benzene rings is 2. The number of hydrogen-bond donors (Lipinski definition) is 1. The van der Waals surface area contributed by atoms with Crippen LogP contribution in [0.2, 0.25) is 0 Å². The van der Waals surface area contributed by atoms with Crippen LogP contribution in [0.15, 0.2) is 48.5 Å². The fourth-order valence-electron chi connectivity index (χ4n) is 3.78. The maximum Gasteiger partial charge on any atom is 0.304 e. The second kappa shape index (κ2) is 10.9. The third kappa shape index (κ3) is 6.68. The summed E-state index contributed by atoms with van der Waals surface area (Å²) in [6, 6.07) is 17.0. The van der Waals surface area contributed by atoms with Crippen molar-refractivity contribution in [3.8, 4) is 5.75 Å². The van der Waals surface area contributed by atoms with Crippen LogP contribution in [0.3, 0.4) is 0 Å². The molecule has 0 saturated carbocycles. The van der Waals surface area contributed by atoms with Crippen molar-refractivity contribution < 1.29 is 14.6 Å². The predicted molar refractivity (Wildman–Crippen MR) is 112 cm³/mol. The number of carboxylic acids is 1. The molecule has 28 heavy (non-hydrogen) atoms. The van der Waals surface area contributed by atoms with E-state index in [2.05, 4.69) is 53.4 Å². The standard InChI is InChI=1S/C24H31NO3/c26-24(27)14-16-25-15-7-11-21-18-23(13-12-22(21)19-25)28-17-6-2-5-10-20-8-3-1-4-9-20/h1,3-4,8-9,12-13,18H,2,5-7,10-11,14-17,19H2,(H,26,27). The summed E-state index contributed by atoms with van der Waals surface area (Å²) in [5.41, 5.74) is 4.06. The van der Waals surface area contributed by atoms with E-state index < -0.39 is 5.97 Å². The highest BCUT2D eigenvalue weighted by Crippen LogP contribution is 2.24. The van der Waals surface area contributed by atoms with Crippen LogP contribution in [-0.4, -0.2) is 35.7 Å². The van der Waals surface area contributed by atoms with E-state index >= 15 is 0 Å². The lowest BCUT2D eigenvalue weighted by Crippen LogP contribution is -2.26. The highest BCUT2D eigenvalue weighted by molar-refractivity contribution is 5.66. The molecule has 3 rings (SSSR count). The Bertz CT molecular complexity index is 745. The van der Waals surface area contributed by atoms with Crippen LogP contribution < -0.4 is 4.74 Å². The molecule has 1 aliphatic rings. The Morgan fingerprint density at radius 2 is 1.89 bits per heavy atom. The number of fused-ring (bicyclic) bond motifs is 1. The van der Waals surface area contributed by atoms with E-state index in [1.165, 1.54) is 29.5 Å². The molecule has 1 aliphatic heterocycles. The average molecular weight is 382 g/mol. The van der Waals surface area contributed by atoms with E-state index in [0.29, 0.717) is 6.54 Å². The normalized spacial score (nSPS) is 14.3. The summed E-state index contributed by atoms with van der Waals surface area (Å²) in [6.07, 6.45) is 6.90. The lowest BCUT2D eigenvalue weighted by molar-refractivity contribution is -0.137. The number of unbranched alkanes of at least 4 members (excludes halogenated alkanes) is 2. The van der Waals surface area contributed by atoms with Gasteiger partial charge in [-0.05, 0) is 73.9 Å². The molecule has 0 aromatic heterocycles. The summed E-state index contributed by atoms with van der Waals surface area (Å²) in [4.78, 5) is 13.1. The van der Waals surface area contributed by atoms with Crippen LogP contribution in [-0.2, 0) is 24.2 Å². The van der Waals surface area contributed by atoms with Crippen LogP contribution >= 0.6 is 0 Å². The molecule has 1 heterocycles. The maximum atomic E-state index is 10.8. The summed E-state index contributed by atoms with van der Waals surface area (Å²) in [5, 5.41) is 8.90. The molecule has 0 bridgehead atoms. The largest absolute Gasteiger partial charge is 0.494 e. The molecular formula is C24H31NO3. The van der Waals surface area contributed by atoms with Crippen molar-refractivity contribution in [2.24, 2.45) is 0 Å². The van der Waals surface area contributed by atoms with Crippen molar-refractivity contribution in [3.05, 3.63) is 65.2 Å². The topological polar surface area (TPSA) is 49.8 Å². The Morgan fingerprint density at radius 3 is 2.71 bits per heavy atom. The first kappa shape index (κ1) is 20.4. The van der Waals surface area contributed by atoms with Gasteiger partial charge in [0.1, 0.15) is 5.75 Å². The Labute approximate surface area is 168 Å². The van der Waals surface area contributed by atoms with Crippen LogP contribution in [0.1, 0.15) is 48.8 Å². The van der Waals surface area contributed by atoms with Crippen molar-refractivity contribution in [1.82, 2.24) is 4.90 Å². The van der Waals surface area contributed by atoms with Gasteiger partial charge in [-0.25, -0.2) is 0 Å². The van der Waals surface area contributed by atoms with Crippen molar-refractivity contribution in [1.29, 1.82) is 0 Å². The number of aliphatic carboxylic acids is 1. The first-order chi connectivity index (χ1) is 13.7. The van der Waals surface area contributed by atoms with E-state index in [1.54, 1.807) is 0 Å². The smallest absolute Gasteiger partial charge is 0.304 e. The van der Waals surface area contributed by atoms with Gasteiger partial charge in [0.25, 0.3) is 0 Å². The van der Waals surface area contributed by atoms with Gasteiger partial charge in [-0.1, -0.05) is 36.4 Å². The molecule has 0 radical (unpaired) electrons. The van der Waals surface area contributed by atoms with Gasteiger partial charge in [-0.15, -0.1) is 0 Å². The summed E-state index contributed by atoms with van der Waals surface area (Å²) in [6.45, 7) is 3.18. The molecular weight excluding hydrogens is 350 g/mol. The second-order valence-electron chi connectivity index (χ2n) is 7.60. The molecule has 0 atom stereocenters. The van der Waals surface area contributed by atoms with Crippen molar-refractivity contribution >= 4 is 5.97 Å². The molecule has 4 nitrogen and oxygen atoms in total. The maximum absolute atomic E-state index is 10.8. The van der Waals surface area contributed by atoms with E-state index in [9.17, 15) is 4.79 Å². The van der Waals surface area contributed by atoms with Gasteiger partial charge < -0.3 is 9.84 Å². The van der Waals surface area contributed by atoms with Crippen LogP contribution in [0.5, 0.6) is 5.75 Å². The van der Waals surface area contributed by atoms with Crippen LogP contribution in [0, 0.1) is 0 Å². The van der Waals surface area contributed by atoms with E-state index in [4.69, 9.17) is 9.84 Å². The minimum absolute atomic E-state index is 0.209. The van der Waals surface area contributed by atoms with Gasteiger partial charge in [-0.2, -0.15) is 0 Å². The molecule has 0 fully saturated rings. The minimum atomic E-state index is -0.725. The van der Waals surface area contributed by atoms with E-state index in [0.717, 1.165) is 51.1 Å². The lowest BCUT2D eigenvalue weighted by Gasteiger charge is -2.19. The third-order valence-corrected chi connectivity index (χ3v) is 5.36. The van der Waals surface area contributed by atoms with Crippen LogP contribution in [0.25, 0.3) is 0 Å². The Kier molecular flexibility index (Phi) is 7.92. The Morgan fingerprint density at radius 1 is 1.04 bits per heavy atom. The summed E-state index contributed by atoms with van der Waals surface area (Å²) < 4.78 is 5.98. The molecule has 1 N–H and O–H groups in total. The first-order valence-electron chi connectivity index (χ1n) is 10.4. The number of aryl methyl sites for hydroxylation is 2. The van der Waals surface area contributed by atoms with E-state index in [1.807, 2.05) is 0 Å². The van der Waals surface area contributed by atoms with Gasteiger partial charge in [0.15, 0.2) is 0 Å². The molecule has 150 valence electrons. The zero-order valence-corrected chi connectivity index (χ0v) is 16.6. The monoisotopic (exact) mass is 381 g/mol. The fraction of sp³-hybridized carbons (Fsp3) is 0.458. The number of hydrogen-bond acceptors (Lipinski definition) is 3. The second-order valence-corrected chi connectivity index (χ2v) is 7.60. The number of nitrogens with zero attached hydrogens (tertiary/aromatic N) is 1. The van der Waals surface area contributed by atoms with Crippen molar-refractivity contribution in [2.45, 2.75) is 51.5 Å². The zero-order chi connectivity index (χ0) is 19.6. The fourth-order valence-corrected chi connectivity index (χ4v) is 3.78. The molecule has 0 saturated heterocycles. The van der Waals surface area contributed by atoms with Crippen molar-refractivity contribution in [3.63, 3.8) is 0 Å². The molecule has 0 aliphatic carbocycles. The lowest BCUT2D eigenvalue weighted by atomic mass is 10.0. The number of carboxylic acid groups (broad SMARTS) is 1. The third-order valence-electron chi connectivity index (χ3n) is 5.36. The quantitative estimate of drug-likeness (QED) is 0.606. The summed E-state index contributed by atoms with van der Waals surface area (Å²) in [7, 11) is 0. The summed E-state index contributed by atoms with van der Waals surface area (Å²) in [5.74, 6) is 0.234. The van der Waals surface area contributed by atoms with E-state index in [-0.39, 0.29) is 6.42 Å². The molecule has 4 heteroatoms. The Hall–Kier alpha value is -2.33. The predicted octanol–water partition coefficient (Wildman–Crippen LogP) is 4.70. The molecule has 0 amide bonds. The number of ether oxygens (including phenoxy) is 1. The molecule has 0 spiro atoms. The minimum Gasteiger partial charge on any atom is -0.494 e. The Balaban J connectivity index is 1.40. The van der Waals surface area contributed by atoms with Crippen LogP contribution in [0.4, 0.5) is 0 Å². The van der Waals surface area contributed by atoms with Gasteiger partial charge in [0.05, 0.1) is 13.0 Å². The van der Waals surface area contributed by atoms with Gasteiger partial charge >= 0.3 is 5.97 Å². The van der Waals surface area contributed by atoms with Gasteiger partial charge in [0, 0.05) is 13.1 Å². The average Bonchev–Trinajstić information content (AvgIpc) is 2.91. The first-order valence-corrected chi connectivity index (χ1v) is 10.4. The molecule has 2 aromatic carbocycles. The highest BCUT2D eigenvalue weighted by Gasteiger charge is 2.15. The van der Waals surface area contributed by atoms with Gasteiger partial charge in [0.2, 0.25) is 0 Å². The summed E-state index contributed by atoms with van der Waals surface area (Å²) >= 11 is 0. The number of carbonyl (C=O) groups is 1. The number of rotatable bonds is 10. The SMILES string of the molecule is O=C(O)CCN1CCCc2cc(OCCCCCc3ccccc3)ccc2C1. The zero-order valence-electron chi connectivity index (χ0n) is 16.6. The molecule has 0 unspecified atom stereocenters.